The molecule has 7 nitrogen and oxygen atoms in total. The highest BCUT2D eigenvalue weighted by molar-refractivity contribution is 6.03. The molecule has 0 aliphatic carbocycles. The molecule has 1 aromatic heterocycles. The predicted octanol–water partition coefficient (Wildman–Crippen LogP) is 1.59. The highest BCUT2D eigenvalue weighted by Crippen LogP contribution is 2.12. The van der Waals surface area contributed by atoms with E-state index in [-0.39, 0.29) is 11.5 Å². The van der Waals surface area contributed by atoms with Gasteiger partial charge in [-0.2, -0.15) is 5.26 Å². The molecule has 0 bridgehead atoms. The smallest absolute Gasteiger partial charge is 0.376 e. The highest BCUT2D eigenvalue weighted by atomic mass is 16.5. The minimum atomic E-state index is -0.719. The van der Waals surface area contributed by atoms with Gasteiger partial charge >= 0.3 is 5.97 Å². The average molecular weight is 271 g/mol. The Hall–Kier alpha value is -3.14. The number of ether oxygens (including phenoxy) is 1. The first-order valence-corrected chi connectivity index (χ1v) is 5.50. The number of nitrogens with one attached hydrogen (secondary N) is 1. The zero-order valence-electron chi connectivity index (χ0n) is 10.4. The third kappa shape index (κ3) is 2.81. The van der Waals surface area contributed by atoms with Crippen molar-refractivity contribution in [2.75, 3.05) is 12.4 Å². The molecule has 0 aliphatic heterocycles. The van der Waals surface area contributed by atoms with E-state index in [0.717, 1.165) is 0 Å². The molecule has 1 aromatic carbocycles. The van der Waals surface area contributed by atoms with Crippen LogP contribution in [0.5, 0.6) is 0 Å². The second kappa shape index (κ2) is 5.67. The number of hydrogen-bond acceptors (Lipinski definition) is 6. The lowest BCUT2D eigenvalue weighted by Crippen LogP contribution is -2.12. The minimum absolute atomic E-state index is 0.0623. The summed E-state index contributed by atoms with van der Waals surface area (Å²) in [7, 11) is 1.19. The summed E-state index contributed by atoms with van der Waals surface area (Å²) in [5.41, 5.74) is 0.794. The normalized spacial score (nSPS) is 9.60. The second-order valence-electron chi connectivity index (χ2n) is 3.71. The second-order valence-corrected chi connectivity index (χ2v) is 3.71. The number of hydrogen-bond donors (Lipinski definition) is 1. The van der Waals surface area contributed by atoms with E-state index >= 15 is 0 Å². The van der Waals surface area contributed by atoms with Gasteiger partial charge in [-0.3, -0.25) is 4.79 Å². The van der Waals surface area contributed by atoms with Gasteiger partial charge in [0, 0.05) is 11.8 Å². The third-order valence-corrected chi connectivity index (χ3v) is 2.38. The number of nitrogens with zero attached hydrogens (tertiary/aromatic N) is 2. The Labute approximate surface area is 113 Å². The lowest BCUT2D eigenvalue weighted by atomic mass is 10.2. The van der Waals surface area contributed by atoms with Gasteiger partial charge < -0.3 is 14.6 Å². The number of esters is 1. The van der Waals surface area contributed by atoms with Crippen molar-refractivity contribution in [1.29, 1.82) is 5.26 Å². The fourth-order valence-corrected chi connectivity index (χ4v) is 1.44. The van der Waals surface area contributed by atoms with Gasteiger partial charge in [-0.1, -0.05) is 11.2 Å². The topological polar surface area (TPSA) is 105 Å². The van der Waals surface area contributed by atoms with Crippen LogP contribution in [0.15, 0.2) is 34.9 Å². The van der Waals surface area contributed by atoms with Gasteiger partial charge in [-0.15, -0.1) is 0 Å². The number of carbonyl (C=O) groups is 2. The summed E-state index contributed by atoms with van der Waals surface area (Å²) in [4.78, 5) is 23.0. The van der Waals surface area contributed by atoms with E-state index in [2.05, 4.69) is 19.7 Å². The maximum atomic E-state index is 11.9. The SMILES string of the molecule is COC(=O)c1cc(C(=O)Nc2cccc(C#N)c2)no1. The van der Waals surface area contributed by atoms with E-state index in [4.69, 9.17) is 5.26 Å². The highest BCUT2D eigenvalue weighted by Gasteiger charge is 2.17. The molecule has 0 radical (unpaired) electrons. The molecule has 0 atom stereocenters. The van der Waals surface area contributed by atoms with Crippen molar-refractivity contribution in [2.45, 2.75) is 0 Å². The fourth-order valence-electron chi connectivity index (χ4n) is 1.44. The summed E-state index contributed by atoms with van der Waals surface area (Å²) in [6.07, 6.45) is 0. The van der Waals surface area contributed by atoms with Crippen molar-refractivity contribution in [1.82, 2.24) is 5.16 Å². The first kappa shape index (κ1) is 13.3. The Balaban J connectivity index is 2.14. The van der Waals surface area contributed by atoms with E-state index < -0.39 is 11.9 Å². The van der Waals surface area contributed by atoms with Crippen LogP contribution in [0.2, 0.25) is 0 Å². The number of aromatic nitrogens is 1. The molecule has 0 unspecified atom stereocenters. The van der Waals surface area contributed by atoms with Crippen LogP contribution in [-0.2, 0) is 4.74 Å². The number of carbonyl (C=O) groups excluding carboxylic acids is 2. The van der Waals surface area contributed by atoms with Gasteiger partial charge in [0.15, 0.2) is 5.69 Å². The summed E-state index contributed by atoms with van der Waals surface area (Å²) in [5, 5.41) is 14.8. The van der Waals surface area contributed by atoms with Crippen molar-refractivity contribution in [3.05, 3.63) is 47.3 Å². The largest absolute Gasteiger partial charge is 0.463 e. The Morgan fingerprint density at radius 1 is 1.40 bits per heavy atom. The molecule has 100 valence electrons. The zero-order chi connectivity index (χ0) is 14.5. The first-order chi connectivity index (χ1) is 9.63. The quantitative estimate of drug-likeness (QED) is 0.849. The van der Waals surface area contributed by atoms with E-state index in [1.165, 1.54) is 19.2 Å². The van der Waals surface area contributed by atoms with Crippen LogP contribution in [0.1, 0.15) is 26.6 Å². The van der Waals surface area contributed by atoms with Gasteiger partial charge in [0.2, 0.25) is 5.76 Å². The van der Waals surface area contributed by atoms with Gasteiger partial charge in [-0.05, 0) is 18.2 Å². The summed E-state index contributed by atoms with van der Waals surface area (Å²) >= 11 is 0. The molecular formula is C13H9N3O4. The zero-order valence-corrected chi connectivity index (χ0v) is 10.4. The minimum Gasteiger partial charge on any atom is -0.463 e. The molecule has 0 aliphatic rings. The van der Waals surface area contributed by atoms with E-state index in [9.17, 15) is 9.59 Å². The summed E-state index contributed by atoms with van der Waals surface area (Å²) < 4.78 is 9.12. The first-order valence-electron chi connectivity index (χ1n) is 5.50. The Bertz CT molecular complexity index is 700. The third-order valence-electron chi connectivity index (χ3n) is 2.38. The summed E-state index contributed by atoms with van der Waals surface area (Å²) in [6.45, 7) is 0. The van der Waals surface area contributed by atoms with Crippen LogP contribution in [0.4, 0.5) is 5.69 Å². The Kier molecular flexibility index (Phi) is 3.77. The van der Waals surface area contributed by atoms with Crippen molar-refractivity contribution >= 4 is 17.6 Å². The molecule has 2 rings (SSSR count). The monoisotopic (exact) mass is 271 g/mol. The van der Waals surface area contributed by atoms with Crippen LogP contribution >= 0.6 is 0 Å². The average Bonchev–Trinajstić information content (AvgIpc) is 2.96. The maximum Gasteiger partial charge on any atom is 0.376 e. The molecule has 0 spiro atoms. The van der Waals surface area contributed by atoms with Gasteiger partial charge in [0.25, 0.3) is 5.91 Å². The van der Waals surface area contributed by atoms with Crippen molar-refractivity contribution in [3.63, 3.8) is 0 Å². The number of anilines is 1. The van der Waals surface area contributed by atoms with Crippen LogP contribution in [0.25, 0.3) is 0 Å². The number of nitriles is 1. The molecule has 0 saturated carbocycles. The lowest BCUT2D eigenvalue weighted by molar-refractivity contribution is 0.0554. The molecular weight excluding hydrogens is 262 g/mol. The number of amides is 1. The number of methoxy groups -OCH3 is 1. The van der Waals surface area contributed by atoms with Crippen LogP contribution in [0.3, 0.4) is 0 Å². The van der Waals surface area contributed by atoms with E-state index in [1.54, 1.807) is 18.2 Å². The fraction of sp³-hybridized carbons (Fsp3) is 0.0769. The van der Waals surface area contributed by atoms with Crippen molar-refractivity contribution in [3.8, 4) is 6.07 Å². The van der Waals surface area contributed by atoms with Crippen molar-refractivity contribution < 1.29 is 18.8 Å². The Morgan fingerprint density at radius 3 is 2.90 bits per heavy atom. The molecule has 1 amide bonds. The number of rotatable bonds is 3. The predicted molar refractivity (Wildman–Crippen MR) is 67.0 cm³/mol. The van der Waals surface area contributed by atoms with Crippen LogP contribution < -0.4 is 5.32 Å². The van der Waals surface area contributed by atoms with Crippen LogP contribution in [-0.4, -0.2) is 24.1 Å². The van der Waals surface area contributed by atoms with Gasteiger partial charge in [0.05, 0.1) is 18.7 Å². The molecule has 1 heterocycles. The standard InChI is InChI=1S/C13H9N3O4/c1-19-13(18)11-6-10(16-20-11)12(17)15-9-4-2-3-8(5-9)7-14/h2-6H,1H3,(H,15,17). The van der Waals surface area contributed by atoms with E-state index in [1.807, 2.05) is 6.07 Å². The molecule has 7 heteroatoms. The Morgan fingerprint density at radius 2 is 2.20 bits per heavy atom. The molecule has 20 heavy (non-hydrogen) atoms. The lowest BCUT2D eigenvalue weighted by Gasteiger charge is -2.02. The van der Waals surface area contributed by atoms with Crippen molar-refractivity contribution in [2.24, 2.45) is 0 Å². The van der Waals surface area contributed by atoms with Crippen LogP contribution in [0, 0.1) is 11.3 Å². The maximum absolute atomic E-state index is 11.9. The number of benzene rings is 1. The van der Waals surface area contributed by atoms with Gasteiger partial charge in [0.1, 0.15) is 0 Å². The van der Waals surface area contributed by atoms with E-state index in [0.29, 0.717) is 11.3 Å². The molecule has 2 aromatic rings. The molecule has 1 N–H and O–H groups in total. The van der Waals surface area contributed by atoms with Gasteiger partial charge in [-0.25, -0.2) is 4.79 Å². The molecule has 0 fully saturated rings. The summed E-state index contributed by atoms with van der Waals surface area (Å²) in [5.74, 6) is -1.44. The summed E-state index contributed by atoms with van der Waals surface area (Å²) in [6, 6.07) is 9.52. The molecule has 0 saturated heterocycles.